The second kappa shape index (κ2) is 4.36. The molecule has 0 amide bonds. The third-order valence-corrected chi connectivity index (χ3v) is 5.16. The van der Waals surface area contributed by atoms with E-state index in [4.69, 9.17) is 4.52 Å². The van der Waals surface area contributed by atoms with Crippen molar-refractivity contribution in [1.29, 1.82) is 0 Å². The molecule has 0 aliphatic carbocycles. The number of aliphatic carboxylic acids is 1. The molecule has 0 spiro atoms. The van der Waals surface area contributed by atoms with Crippen LogP contribution in [0.25, 0.3) is 0 Å². The van der Waals surface area contributed by atoms with Crippen LogP contribution in [-0.2, 0) is 14.8 Å². The summed E-state index contributed by atoms with van der Waals surface area (Å²) in [7, 11) is -3.89. The van der Waals surface area contributed by atoms with Gasteiger partial charge in [-0.25, -0.2) is 8.42 Å². The highest BCUT2D eigenvalue weighted by atomic mass is 32.2. The molecular formula is C10H13N2O5S-. The van der Waals surface area contributed by atoms with Gasteiger partial charge in [-0.15, -0.1) is 0 Å². The van der Waals surface area contributed by atoms with Crippen molar-refractivity contribution in [2.45, 2.75) is 37.6 Å². The van der Waals surface area contributed by atoms with Crippen molar-refractivity contribution < 1.29 is 22.8 Å². The lowest BCUT2D eigenvalue weighted by Gasteiger charge is -2.24. The van der Waals surface area contributed by atoms with Crippen LogP contribution in [0.3, 0.4) is 0 Å². The molecule has 0 aromatic carbocycles. The van der Waals surface area contributed by atoms with Gasteiger partial charge in [-0.1, -0.05) is 5.16 Å². The average Bonchev–Trinajstić information content (AvgIpc) is 2.85. The first-order valence-electron chi connectivity index (χ1n) is 5.51. The van der Waals surface area contributed by atoms with Crippen LogP contribution in [0.4, 0.5) is 0 Å². The lowest BCUT2D eigenvalue weighted by Crippen LogP contribution is -2.47. The van der Waals surface area contributed by atoms with E-state index in [0.717, 1.165) is 4.31 Å². The Morgan fingerprint density at radius 2 is 2.17 bits per heavy atom. The summed E-state index contributed by atoms with van der Waals surface area (Å²) in [4.78, 5) is 10.9. The van der Waals surface area contributed by atoms with Crippen molar-refractivity contribution in [1.82, 2.24) is 9.46 Å². The van der Waals surface area contributed by atoms with E-state index in [9.17, 15) is 18.3 Å². The lowest BCUT2D eigenvalue weighted by molar-refractivity contribution is -0.309. The first-order chi connectivity index (χ1) is 8.35. The lowest BCUT2D eigenvalue weighted by atomic mass is 10.2. The molecule has 7 nitrogen and oxygen atoms in total. The highest BCUT2D eigenvalue weighted by Gasteiger charge is 2.39. The monoisotopic (exact) mass is 273 g/mol. The predicted octanol–water partition coefficient (Wildman–Crippen LogP) is -0.806. The van der Waals surface area contributed by atoms with Gasteiger partial charge in [-0.3, -0.25) is 0 Å². The molecule has 0 N–H and O–H groups in total. The fourth-order valence-electron chi connectivity index (χ4n) is 2.22. The molecule has 18 heavy (non-hydrogen) atoms. The molecular weight excluding hydrogens is 260 g/mol. The average molecular weight is 273 g/mol. The van der Waals surface area contributed by atoms with Gasteiger partial charge in [-0.2, -0.15) is 4.31 Å². The van der Waals surface area contributed by atoms with Gasteiger partial charge in [0.05, 0.1) is 12.0 Å². The van der Waals surface area contributed by atoms with Crippen LogP contribution in [0.5, 0.6) is 0 Å². The zero-order chi connectivity index (χ0) is 13.5. The molecule has 8 heteroatoms. The number of carboxylic acid groups (broad SMARTS) is 1. The Morgan fingerprint density at radius 1 is 1.50 bits per heavy atom. The second-order valence-corrected chi connectivity index (χ2v) is 6.07. The maximum absolute atomic E-state index is 12.4. The molecule has 0 unspecified atom stereocenters. The van der Waals surface area contributed by atoms with E-state index in [1.54, 1.807) is 0 Å². The first kappa shape index (κ1) is 13.0. The van der Waals surface area contributed by atoms with Crippen LogP contribution in [0.1, 0.15) is 24.3 Å². The van der Waals surface area contributed by atoms with Gasteiger partial charge >= 0.3 is 0 Å². The van der Waals surface area contributed by atoms with E-state index in [0.29, 0.717) is 6.42 Å². The second-order valence-electron chi connectivity index (χ2n) is 4.25. The highest BCUT2D eigenvalue weighted by molar-refractivity contribution is 7.89. The van der Waals surface area contributed by atoms with Gasteiger partial charge in [-0.05, 0) is 26.7 Å². The van der Waals surface area contributed by atoms with Crippen LogP contribution >= 0.6 is 0 Å². The number of sulfonamides is 1. The molecule has 0 bridgehead atoms. The minimum absolute atomic E-state index is 0.0457. The maximum Gasteiger partial charge on any atom is 0.249 e. The topological polar surface area (TPSA) is 104 Å². The molecule has 2 rings (SSSR count). The molecule has 1 aromatic rings. The fourth-order valence-corrected chi connectivity index (χ4v) is 4.17. The number of rotatable bonds is 3. The van der Waals surface area contributed by atoms with Gasteiger partial charge in [0.25, 0.3) is 0 Å². The SMILES string of the molecule is Cc1noc(C)c1S(=O)(=O)N1CCC[C@@H]1C(=O)[O-]. The molecule has 1 aromatic heterocycles. The normalized spacial score (nSPS) is 21.3. The van der Waals surface area contributed by atoms with Crippen molar-refractivity contribution in [3.8, 4) is 0 Å². The summed E-state index contributed by atoms with van der Waals surface area (Å²) >= 11 is 0. The highest BCUT2D eigenvalue weighted by Crippen LogP contribution is 2.29. The Balaban J connectivity index is 2.46. The molecule has 1 fully saturated rings. The van der Waals surface area contributed by atoms with Gasteiger partial charge in [0.15, 0.2) is 5.76 Å². The summed E-state index contributed by atoms with van der Waals surface area (Å²) < 4.78 is 30.5. The smallest absolute Gasteiger partial charge is 0.249 e. The molecule has 2 heterocycles. The number of nitrogens with zero attached hydrogens (tertiary/aromatic N) is 2. The number of carboxylic acids is 1. The number of hydrogen-bond donors (Lipinski definition) is 0. The molecule has 100 valence electrons. The zero-order valence-electron chi connectivity index (χ0n) is 10.0. The quantitative estimate of drug-likeness (QED) is 0.713. The molecule has 1 aliphatic heterocycles. The van der Waals surface area contributed by atoms with Crippen molar-refractivity contribution >= 4 is 16.0 Å². The number of carbonyl (C=O) groups excluding carboxylic acids is 1. The van der Waals surface area contributed by atoms with Crippen molar-refractivity contribution in [2.24, 2.45) is 0 Å². The Hall–Kier alpha value is -1.41. The van der Waals surface area contributed by atoms with Crippen LogP contribution < -0.4 is 5.11 Å². The molecule has 1 saturated heterocycles. The van der Waals surface area contributed by atoms with E-state index in [1.807, 2.05) is 0 Å². The van der Waals surface area contributed by atoms with Crippen molar-refractivity contribution in [3.63, 3.8) is 0 Å². The largest absolute Gasteiger partial charge is 0.548 e. The number of aryl methyl sites for hydroxylation is 2. The van der Waals surface area contributed by atoms with E-state index in [2.05, 4.69) is 5.16 Å². The predicted molar refractivity (Wildman–Crippen MR) is 57.9 cm³/mol. The van der Waals surface area contributed by atoms with E-state index >= 15 is 0 Å². The first-order valence-corrected chi connectivity index (χ1v) is 6.95. The molecule has 0 radical (unpaired) electrons. The summed E-state index contributed by atoms with van der Waals surface area (Å²) in [5.41, 5.74) is 0.233. The summed E-state index contributed by atoms with van der Waals surface area (Å²) in [5, 5.41) is 14.5. The van der Waals surface area contributed by atoms with Crippen LogP contribution in [-0.4, -0.2) is 36.4 Å². The van der Waals surface area contributed by atoms with Gasteiger partial charge < -0.3 is 14.4 Å². The number of hydrogen-bond acceptors (Lipinski definition) is 6. The minimum atomic E-state index is -3.89. The van der Waals surface area contributed by atoms with E-state index in [1.165, 1.54) is 13.8 Å². The Labute approximate surface area is 104 Å². The summed E-state index contributed by atoms with van der Waals surface area (Å²) in [5.74, 6) is -1.21. The van der Waals surface area contributed by atoms with Crippen molar-refractivity contribution in [3.05, 3.63) is 11.5 Å². The van der Waals surface area contributed by atoms with Gasteiger partial charge in [0.2, 0.25) is 10.0 Å². The number of carbonyl (C=O) groups is 1. The molecule has 1 atom stereocenters. The van der Waals surface area contributed by atoms with Crippen LogP contribution in [0.15, 0.2) is 9.42 Å². The minimum Gasteiger partial charge on any atom is -0.548 e. The Morgan fingerprint density at radius 3 is 2.67 bits per heavy atom. The molecule has 0 saturated carbocycles. The van der Waals surface area contributed by atoms with E-state index in [-0.39, 0.29) is 29.3 Å². The zero-order valence-corrected chi connectivity index (χ0v) is 10.9. The third-order valence-electron chi connectivity index (χ3n) is 3.01. The molecule has 1 aliphatic rings. The third kappa shape index (κ3) is 1.91. The summed E-state index contributed by atoms with van der Waals surface area (Å²) in [6.07, 6.45) is 0.770. The summed E-state index contributed by atoms with van der Waals surface area (Å²) in [6.45, 7) is 3.16. The van der Waals surface area contributed by atoms with Crippen LogP contribution in [0, 0.1) is 13.8 Å². The standard InChI is InChI=1S/C10H14N2O5S/c1-6-9(7(2)17-11-6)18(15,16)12-5-3-4-8(12)10(13)14/h8H,3-5H2,1-2H3,(H,13,14)/p-1/t8-/m1/s1. The number of aromatic nitrogens is 1. The fraction of sp³-hybridized carbons (Fsp3) is 0.600. The van der Waals surface area contributed by atoms with Crippen LogP contribution in [0.2, 0.25) is 0 Å². The Kier molecular flexibility index (Phi) is 3.16. The summed E-state index contributed by atoms with van der Waals surface area (Å²) in [6, 6.07) is -1.11. The van der Waals surface area contributed by atoms with E-state index < -0.39 is 22.0 Å². The van der Waals surface area contributed by atoms with Gasteiger partial charge in [0.1, 0.15) is 10.6 Å². The maximum atomic E-state index is 12.4. The Bertz CT molecular complexity index is 558. The van der Waals surface area contributed by atoms with Crippen molar-refractivity contribution in [2.75, 3.05) is 6.54 Å². The van der Waals surface area contributed by atoms with Gasteiger partial charge in [0, 0.05) is 6.54 Å².